The lowest BCUT2D eigenvalue weighted by atomic mass is 9.67. The Hall–Kier alpha value is -7.42. The Morgan fingerprint density at radius 2 is 0.772 bits per heavy atom. The van der Waals surface area contributed by atoms with Gasteiger partial charge in [-0.1, -0.05) is 164 Å². The molecule has 0 atom stereocenters. The molecule has 0 radical (unpaired) electrons. The van der Waals surface area contributed by atoms with Crippen molar-refractivity contribution < 1.29 is 0 Å². The van der Waals surface area contributed by atoms with Crippen molar-refractivity contribution in [3.8, 4) is 33.6 Å². The summed E-state index contributed by atoms with van der Waals surface area (Å²) in [6, 6.07) is 80.5. The van der Waals surface area contributed by atoms with E-state index in [4.69, 9.17) is 0 Å². The van der Waals surface area contributed by atoms with Crippen LogP contribution in [0.5, 0.6) is 0 Å². The zero-order valence-electron chi connectivity index (χ0n) is 31.2. The van der Waals surface area contributed by atoms with E-state index in [1.165, 1.54) is 93.8 Å². The van der Waals surface area contributed by atoms with E-state index in [0.29, 0.717) is 0 Å². The Balaban J connectivity index is 1.06. The second-order valence-electron chi connectivity index (χ2n) is 15.3. The maximum absolute atomic E-state index is 2.46. The van der Waals surface area contributed by atoms with E-state index in [9.17, 15) is 0 Å². The summed E-state index contributed by atoms with van der Waals surface area (Å²) in [5, 5.41) is 5.01. The number of para-hydroxylation sites is 3. The van der Waals surface area contributed by atoms with Crippen LogP contribution in [0.25, 0.3) is 77.2 Å². The summed E-state index contributed by atoms with van der Waals surface area (Å²) in [5.41, 5.74) is 16.9. The van der Waals surface area contributed by atoms with Crippen LogP contribution < -0.4 is 0 Å². The largest absolute Gasteiger partial charge is 0.309 e. The molecule has 12 rings (SSSR count). The van der Waals surface area contributed by atoms with Gasteiger partial charge in [0, 0.05) is 32.9 Å². The van der Waals surface area contributed by atoms with Crippen molar-refractivity contribution in [3.63, 3.8) is 0 Å². The highest BCUT2D eigenvalue weighted by molar-refractivity contribution is 6.12. The van der Waals surface area contributed by atoms with Crippen molar-refractivity contribution in [2.75, 3.05) is 0 Å². The monoisotopic (exact) mass is 724 g/mol. The van der Waals surface area contributed by atoms with Gasteiger partial charge in [-0.2, -0.15) is 0 Å². The highest BCUT2D eigenvalue weighted by atomic mass is 15.0. The average Bonchev–Trinajstić information content (AvgIpc) is 3.91. The van der Waals surface area contributed by atoms with E-state index >= 15 is 0 Å². The zero-order chi connectivity index (χ0) is 37.5. The molecule has 0 amide bonds. The molecule has 0 bridgehead atoms. The third-order valence-corrected chi connectivity index (χ3v) is 12.4. The van der Waals surface area contributed by atoms with Gasteiger partial charge in [0.25, 0.3) is 0 Å². The SMILES string of the molecule is c1ccc(-n2c3ccccc3c3ccc(-c4ccc5c(c4)c4ccccc4n5-c4cccc(C5(c6ccccc6)c6ccccc6-c6ccccc65)c4)cc32)cc1. The van der Waals surface area contributed by atoms with E-state index in [2.05, 4.69) is 228 Å². The van der Waals surface area contributed by atoms with Crippen LogP contribution in [0, 0.1) is 0 Å². The first kappa shape index (κ1) is 31.9. The lowest BCUT2D eigenvalue weighted by molar-refractivity contribution is 0.767. The Morgan fingerprint density at radius 3 is 1.49 bits per heavy atom. The minimum atomic E-state index is -0.461. The molecule has 2 heteroatoms. The summed E-state index contributed by atoms with van der Waals surface area (Å²) >= 11 is 0. The summed E-state index contributed by atoms with van der Waals surface area (Å²) in [4.78, 5) is 0. The van der Waals surface area contributed by atoms with Gasteiger partial charge >= 0.3 is 0 Å². The molecule has 9 aromatic carbocycles. The van der Waals surface area contributed by atoms with Gasteiger partial charge in [-0.3, -0.25) is 0 Å². The molecule has 1 aliphatic rings. The minimum absolute atomic E-state index is 0.461. The Kier molecular flexibility index (Phi) is 6.88. The average molecular weight is 725 g/mol. The molecule has 11 aromatic rings. The molecule has 2 aromatic heterocycles. The van der Waals surface area contributed by atoms with Crippen molar-refractivity contribution in [2.24, 2.45) is 0 Å². The van der Waals surface area contributed by atoms with Gasteiger partial charge in [-0.15, -0.1) is 0 Å². The van der Waals surface area contributed by atoms with E-state index in [0.717, 1.165) is 5.69 Å². The minimum Gasteiger partial charge on any atom is -0.309 e. The molecule has 2 heterocycles. The van der Waals surface area contributed by atoms with Crippen molar-refractivity contribution >= 4 is 43.6 Å². The molecule has 0 spiro atoms. The van der Waals surface area contributed by atoms with Gasteiger partial charge in [0.1, 0.15) is 0 Å². The first-order valence-electron chi connectivity index (χ1n) is 19.8. The molecule has 57 heavy (non-hydrogen) atoms. The predicted molar refractivity (Wildman–Crippen MR) is 238 cm³/mol. The fraction of sp³-hybridized carbons (Fsp3) is 0.0182. The molecule has 0 fully saturated rings. The highest BCUT2D eigenvalue weighted by Gasteiger charge is 2.46. The van der Waals surface area contributed by atoms with E-state index in [1.54, 1.807) is 0 Å². The second kappa shape index (κ2) is 12.3. The van der Waals surface area contributed by atoms with Gasteiger partial charge in [0.05, 0.1) is 27.5 Å². The Morgan fingerprint density at radius 1 is 0.281 bits per heavy atom. The summed E-state index contributed by atoms with van der Waals surface area (Å²) in [7, 11) is 0. The van der Waals surface area contributed by atoms with Crippen LogP contribution in [0.4, 0.5) is 0 Å². The Labute approximate surface area is 331 Å². The van der Waals surface area contributed by atoms with Gasteiger partial charge in [-0.25, -0.2) is 0 Å². The first-order valence-corrected chi connectivity index (χ1v) is 19.8. The number of fused-ring (bicyclic) bond motifs is 9. The van der Waals surface area contributed by atoms with Crippen LogP contribution in [-0.4, -0.2) is 9.13 Å². The fourth-order valence-corrected chi connectivity index (χ4v) is 10.0. The topological polar surface area (TPSA) is 9.86 Å². The van der Waals surface area contributed by atoms with Crippen molar-refractivity contribution in [2.45, 2.75) is 5.41 Å². The second-order valence-corrected chi connectivity index (χ2v) is 15.3. The van der Waals surface area contributed by atoms with Gasteiger partial charge in [0.15, 0.2) is 0 Å². The van der Waals surface area contributed by atoms with E-state index in [1.807, 2.05) is 0 Å². The van der Waals surface area contributed by atoms with Crippen molar-refractivity contribution in [1.29, 1.82) is 0 Å². The summed E-state index contributed by atoms with van der Waals surface area (Å²) in [6.45, 7) is 0. The zero-order valence-corrected chi connectivity index (χ0v) is 31.2. The number of nitrogens with zero attached hydrogens (tertiary/aromatic N) is 2. The van der Waals surface area contributed by atoms with Crippen LogP contribution in [0.2, 0.25) is 0 Å². The quantitative estimate of drug-likeness (QED) is 0.167. The number of rotatable bonds is 5. The predicted octanol–water partition coefficient (Wildman–Crippen LogP) is 13.9. The van der Waals surface area contributed by atoms with Crippen LogP contribution >= 0.6 is 0 Å². The summed E-state index contributed by atoms with van der Waals surface area (Å²) in [6.07, 6.45) is 0. The molecular weight excluding hydrogens is 689 g/mol. The molecule has 0 saturated carbocycles. The van der Waals surface area contributed by atoms with Crippen LogP contribution in [0.15, 0.2) is 218 Å². The molecule has 2 nitrogen and oxygen atoms in total. The maximum atomic E-state index is 2.46. The highest BCUT2D eigenvalue weighted by Crippen LogP contribution is 2.56. The van der Waals surface area contributed by atoms with E-state index in [-0.39, 0.29) is 0 Å². The number of aromatic nitrogens is 2. The third-order valence-electron chi connectivity index (χ3n) is 12.4. The van der Waals surface area contributed by atoms with Crippen molar-refractivity contribution in [3.05, 3.63) is 241 Å². The van der Waals surface area contributed by atoms with E-state index < -0.39 is 5.41 Å². The number of hydrogen-bond donors (Lipinski definition) is 0. The molecule has 0 aliphatic heterocycles. The van der Waals surface area contributed by atoms with Crippen LogP contribution in [0.3, 0.4) is 0 Å². The molecule has 266 valence electrons. The van der Waals surface area contributed by atoms with Gasteiger partial charge in [-0.05, 0) is 99.1 Å². The molecule has 0 saturated heterocycles. The van der Waals surface area contributed by atoms with Crippen LogP contribution in [-0.2, 0) is 5.41 Å². The summed E-state index contributed by atoms with van der Waals surface area (Å²) in [5.74, 6) is 0. The van der Waals surface area contributed by atoms with Crippen molar-refractivity contribution in [1.82, 2.24) is 9.13 Å². The third kappa shape index (κ3) is 4.53. The molecular formula is C55H36N2. The summed E-state index contributed by atoms with van der Waals surface area (Å²) < 4.78 is 4.86. The van der Waals surface area contributed by atoms with Gasteiger partial charge < -0.3 is 9.13 Å². The molecule has 0 unspecified atom stereocenters. The van der Waals surface area contributed by atoms with Gasteiger partial charge in [0.2, 0.25) is 0 Å². The molecule has 1 aliphatic carbocycles. The maximum Gasteiger partial charge on any atom is 0.0714 e. The first-order chi connectivity index (χ1) is 28.3. The Bertz CT molecular complexity index is 3300. The lowest BCUT2D eigenvalue weighted by Crippen LogP contribution is -2.28. The fourth-order valence-electron chi connectivity index (χ4n) is 10.0. The van der Waals surface area contributed by atoms with Crippen LogP contribution in [0.1, 0.15) is 22.3 Å². The lowest BCUT2D eigenvalue weighted by Gasteiger charge is -2.34. The number of hydrogen-bond acceptors (Lipinski definition) is 0. The molecule has 0 N–H and O–H groups in total. The smallest absolute Gasteiger partial charge is 0.0714 e. The number of benzene rings is 9. The standard InChI is InChI=1S/C55H36N2/c1-3-16-39(17-4-1)55(49-26-11-7-22-43(49)44-23-8-12-27-50(44)55)40-18-15-21-42(36-40)57-52-29-14-10-25-46(52)48-34-37(31-33-53(48)57)38-30-32-47-45-24-9-13-28-51(45)56(54(47)35-38)41-19-5-2-6-20-41/h1-36H. The normalized spacial score (nSPS) is 13.1.